The molecule has 0 radical (unpaired) electrons. The summed E-state index contributed by atoms with van der Waals surface area (Å²) in [7, 11) is 0. The average Bonchev–Trinajstić information content (AvgIpc) is 3.18. The van der Waals surface area contributed by atoms with Crippen molar-refractivity contribution < 1.29 is 13.6 Å². The van der Waals surface area contributed by atoms with Crippen LogP contribution in [-0.2, 0) is 17.1 Å². The molecule has 0 saturated carbocycles. The van der Waals surface area contributed by atoms with Crippen molar-refractivity contribution in [2.75, 3.05) is 6.54 Å². The van der Waals surface area contributed by atoms with Crippen molar-refractivity contribution in [3.63, 3.8) is 0 Å². The zero-order valence-electron chi connectivity index (χ0n) is 11.8. The molecule has 3 aromatic rings. The van der Waals surface area contributed by atoms with Crippen molar-refractivity contribution in [1.82, 2.24) is 15.3 Å². The Hall–Kier alpha value is -1.99. The minimum atomic E-state index is -3.61. The standard InChI is InChI=1S/C15H12ClF2N3OS/c16-11-3-1-2-10-9(8-21-12(10)11)4-5-19-13(22)15(17,18)14-20-6-7-23-14/h1-3,6-8,21H,4-5H2,(H,19,22). The van der Waals surface area contributed by atoms with Gasteiger partial charge in [0.1, 0.15) is 0 Å². The molecular formula is C15H12ClF2N3OS. The maximum Gasteiger partial charge on any atom is 0.375 e. The fraction of sp³-hybridized carbons (Fsp3) is 0.200. The Balaban J connectivity index is 1.65. The normalized spacial score (nSPS) is 11.8. The van der Waals surface area contributed by atoms with Crippen LogP contribution in [0.5, 0.6) is 0 Å². The number of hydrogen-bond donors (Lipinski definition) is 2. The molecule has 0 fully saturated rings. The van der Waals surface area contributed by atoms with Gasteiger partial charge >= 0.3 is 5.92 Å². The summed E-state index contributed by atoms with van der Waals surface area (Å²) in [6.45, 7) is 0.0965. The lowest BCUT2D eigenvalue weighted by Crippen LogP contribution is -2.39. The van der Waals surface area contributed by atoms with E-state index in [0.29, 0.717) is 11.4 Å². The highest BCUT2D eigenvalue weighted by molar-refractivity contribution is 7.09. The van der Waals surface area contributed by atoms with E-state index in [4.69, 9.17) is 11.6 Å². The highest BCUT2D eigenvalue weighted by atomic mass is 35.5. The smallest absolute Gasteiger partial charge is 0.360 e. The number of nitrogens with zero attached hydrogens (tertiary/aromatic N) is 1. The summed E-state index contributed by atoms with van der Waals surface area (Å²) >= 11 is 6.82. The van der Waals surface area contributed by atoms with Crippen LogP contribution in [0.2, 0.25) is 5.02 Å². The Kier molecular flexibility index (Phi) is 4.32. The topological polar surface area (TPSA) is 57.8 Å². The van der Waals surface area contributed by atoms with E-state index in [1.54, 1.807) is 12.3 Å². The van der Waals surface area contributed by atoms with Gasteiger partial charge in [0.2, 0.25) is 0 Å². The van der Waals surface area contributed by atoms with E-state index in [1.807, 2.05) is 12.1 Å². The predicted octanol–water partition coefficient (Wildman–Crippen LogP) is 3.73. The maximum atomic E-state index is 13.9. The van der Waals surface area contributed by atoms with E-state index >= 15 is 0 Å². The molecule has 23 heavy (non-hydrogen) atoms. The first-order chi connectivity index (χ1) is 11.0. The molecule has 4 nitrogen and oxygen atoms in total. The molecule has 120 valence electrons. The second kappa shape index (κ2) is 6.25. The Labute approximate surface area is 139 Å². The van der Waals surface area contributed by atoms with E-state index in [0.717, 1.165) is 27.8 Å². The molecule has 0 spiro atoms. The molecular weight excluding hydrogens is 344 g/mol. The van der Waals surface area contributed by atoms with Crippen molar-refractivity contribution in [1.29, 1.82) is 0 Å². The van der Waals surface area contributed by atoms with Crippen LogP contribution in [0.3, 0.4) is 0 Å². The van der Waals surface area contributed by atoms with Gasteiger partial charge in [-0.2, -0.15) is 8.78 Å². The Morgan fingerprint density at radius 2 is 2.26 bits per heavy atom. The number of fused-ring (bicyclic) bond motifs is 1. The number of aromatic amines is 1. The maximum absolute atomic E-state index is 13.9. The highest BCUT2D eigenvalue weighted by Crippen LogP contribution is 2.29. The number of carbonyl (C=O) groups excluding carboxylic acids is 1. The first-order valence-corrected chi connectivity index (χ1v) is 8.06. The van der Waals surface area contributed by atoms with E-state index in [2.05, 4.69) is 15.3 Å². The summed E-state index contributed by atoms with van der Waals surface area (Å²) in [6.07, 6.45) is 3.43. The average molecular weight is 356 g/mol. The van der Waals surface area contributed by atoms with E-state index in [1.165, 1.54) is 11.6 Å². The first kappa shape index (κ1) is 15.9. The molecule has 2 aromatic heterocycles. The Morgan fingerprint density at radius 1 is 1.43 bits per heavy atom. The molecule has 0 bridgehead atoms. The van der Waals surface area contributed by atoms with Crippen molar-refractivity contribution in [2.45, 2.75) is 12.3 Å². The molecule has 0 aliphatic rings. The lowest BCUT2D eigenvalue weighted by Gasteiger charge is -2.13. The fourth-order valence-electron chi connectivity index (χ4n) is 2.28. The summed E-state index contributed by atoms with van der Waals surface area (Å²) < 4.78 is 27.7. The third-order valence-electron chi connectivity index (χ3n) is 3.42. The molecule has 0 aliphatic carbocycles. The molecule has 0 saturated heterocycles. The number of aromatic nitrogens is 2. The largest absolute Gasteiger partial charge is 0.375 e. The Morgan fingerprint density at radius 3 is 3.00 bits per heavy atom. The van der Waals surface area contributed by atoms with E-state index < -0.39 is 16.8 Å². The molecule has 0 unspecified atom stereocenters. The molecule has 1 amide bonds. The number of benzene rings is 1. The van der Waals surface area contributed by atoms with Crippen molar-refractivity contribution in [3.05, 3.63) is 51.6 Å². The summed E-state index contributed by atoms with van der Waals surface area (Å²) in [6, 6.07) is 5.47. The molecule has 3 rings (SSSR count). The zero-order valence-corrected chi connectivity index (χ0v) is 13.3. The third-order valence-corrected chi connectivity index (χ3v) is 4.57. The lowest BCUT2D eigenvalue weighted by atomic mass is 10.1. The molecule has 0 aliphatic heterocycles. The summed E-state index contributed by atoms with van der Waals surface area (Å²) in [5.74, 6) is -4.96. The monoisotopic (exact) mass is 355 g/mol. The van der Waals surface area contributed by atoms with Gasteiger partial charge in [-0.1, -0.05) is 23.7 Å². The van der Waals surface area contributed by atoms with Crippen LogP contribution in [-0.4, -0.2) is 22.4 Å². The SMILES string of the molecule is O=C(NCCc1c[nH]c2c(Cl)cccc12)C(F)(F)c1nccs1. The Bertz CT molecular complexity index is 832. The number of nitrogens with one attached hydrogen (secondary N) is 2. The van der Waals surface area contributed by atoms with E-state index in [9.17, 15) is 13.6 Å². The number of thiazole rings is 1. The number of halogens is 3. The summed E-state index contributed by atoms with van der Waals surface area (Å²) in [4.78, 5) is 18.2. The van der Waals surface area contributed by atoms with Crippen LogP contribution in [0.4, 0.5) is 8.78 Å². The van der Waals surface area contributed by atoms with Crippen molar-refractivity contribution in [3.8, 4) is 0 Å². The molecule has 1 aromatic carbocycles. The van der Waals surface area contributed by atoms with Crippen LogP contribution < -0.4 is 5.32 Å². The molecule has 2 heterocycles. The highest BCUT2D eigenvalue weighted by Gasteiger charge is 2.43. The van der Waals surface area contributed by atoms with Crippen LogP contribution in [0.1, 0.15) is 10.6 Å². The third kappa shape index (κ3) is 3.07. The van der Waals surface area contributed by atoms with Gasteiger partial charge in [0.15, 0.2) is 5.01 Å². The minimum Gasteiger partial charge on any atom is -0.360 e. The number of H-pyrrole nitrogens is 1. The van der Waals surface area contributed by atoms with Crippen molar-refractivity contribution >= 4 is 39.7 Å². The number of hydrogen-bond acceptors (Lipinski definition) is 3. The number of carbonyl (C=O) groups is 1. The van der Waals surface area contributed by atoms with Gasteiger partial charge < -0.3 is 10.3 Å². The molecule has 2 N–H and O–H groups in total. The van der Waals surface area contributed by atoms with Gasteiger partial charge in [-0.05, 0) is 18.1 Å². The van der Waals surface area contributed by atoms with Crippen LogP contribution in [0.25, 0.3) is 10.9 Å². The predicted molar refractivity (Wildman–Crippen MR) is 86.0 cm³/mol. The van der Waals surface area contributed by atoms with Gasteiger partial charge in [-0.25, -0.2) is 4.98 Å². The summed E-state index contributed by atoms with van der Waals surface area (Å²) in [5, 5.41) is 4.67. The van der Waals surface area contributed by atoms with Gasteiger partial charge in [-0.15, -0.1) is 11.3 Å². The van der Waals surface area contributed by atoms with Gasteiger partial charge in [-0.3, -0.25) is 4.79 Å². The van der Waals surface area contributed by atoms with Crippen LogP contribution in [0, 0.1) is 0 Å². The number of amides is 1. The van der Waals surface area contributed by atoms with Gasteiger partial charge in [0, 0.05) is 29.7 Å². The number of rotatable bonds is 5. The fourth-order valence-corrected chi connectivity index (χ4v) is 3.12. The minimum absolute atomic E-state index is 0.0965. The second-order valence-corrected chi connectivity index (χ2v) is 6.20. The summed E-state index contributed by atoms with van der Waals surface area (Å²) in [5.41, 5.74) is 1.70. The van der Waals surface area contributed by atoms with Crippen LogP contribution >= 0.6 is 22.9 Å². The van der Waals surface area contributed by atoms with Crippen LogP contribution in [0.15, 0.2) is 36.0 Å². The zero-order chi connectivity index (χ0) is 16.4. The first-order valence-electron chi connectivity index (χ1n) is 6.80. The van der Waals surface area contributed by atoms with E-state index in [-0.39, 0.29) is 6.54 Å². The van der Waals surface area contributed by atoms with Gasteiger partial charge in [0.05, 0.1) is 10.5 Å². The van der Waals surface area contributed by atoms with Crippen molar-refractivity contribution in [2.24, 2.45) is 0 Å². The molecule has 8 heteroatoms. The molecule has 0 atom stereocenters. The lowest BCUT2D eigenvalue weighted by molar-refractivity contribution is -0.146. The second-order valence-electron chi connectivity index (χ2n) is 4.89. The quantitative estimate of drug-likeness (QED) is 0.732. The number of alkyl halides is 2. The number of para-hydroxylation sites is 1. The van der Waals surface area contributed by atoms with Gasteiger partial charge in [0.25, 0.3) is 5.91 Å².